The molecule has 2 saturated carbocycles. The molecule has 0 aromatic carbocycles. The number of carbonyl (C=O) groups excluding carboxylic acids is 1. The van der Waals surface area contributed by atoms with E-state index in [1.54, 1.807) is 6.20 Å². The molecule has 2 fully saturated rings. The van der Waals surface area contributed by atoms with Gasteiger partial charge in [0.15, 0.2) is 0 Å². The van der Waals surface area contributed by atoms with Crippen molar-refractivity contribution in [3.8, 4) is 0 Å². The minimum atomic E-state index is -0.150. The van der Waals surface area contributed by atoms with Gasteiger partial charge in [0.25, 0.3) is 11.6 Å². The molecule has 2 aliphatic carbocycles. The third kappa shape index (κ3) is 2.50. The number of rotatable bonds is 5. The van der Waals surface area contributed by atoms with Crippen LogP contribution in [-0.2, 0) is 6.54 Å². The van der Waals surface area contributed by atoms with Crippen molar-refractivity contribution in [2.24, 2.45) is 0 Å². The highest BCUT2D eigenvalue weighted by Gasteiger charge is 2.34. The Kier molecular flexibility index (Phi) is 3.38. The monoisotopic (exact) mass is 351 g/mol. The summed E-state index contributed by atoms with van der Waals surface area (Å²) in [5.74, 6) is 0.675. The van der Waals surface area contributed by atoms with E-state index in [9.17, 15) is 4.79 Å². The number of carbonyl (C=O) groups is 1. The highest BCUT2D eigenvalue weighted by Crippen LogP contribution is 2.45. The van der Waals surface area contributed by atoms with Crippen LogP contribution in [0.4, 0.5) is 5.69 Å². The van der Waals surface area contributed by atoms with Crippen LogP contribution in [0.1, 0.15) is 71.9 Å². The molecule has 0 unspecified atom stereocenters. The normalized spacial score (nSPS) is 17.0. The molecule has 1 N–H and O–H groups in total. The molecule has 3 aromatic heterocycles. The van der Waals surface area contributed by atoms with E-state index in [1.807, 2.05) is 24.6 Å². The van der Waals surface area contributed by atoms with Gasteiger partial charge in [-0.2, -0.15) is 5.10 Å². The summed E-state index contributed by atoms with van der Waals surface area (Å²) in [4.78, 5) is 17.7. The van der Waals surface area contributed by atoms with Gasteiger partial charge in [-0.15, -0.1) is 0 Å². The van der Waals surface area contributed by atoms with Crippen LogP contribution in [0.25, 0.3) is 11.1 Å². The second-order valence-electron chi connectivity index (χ2n) is 7.30. The van der Waals surface area contributed by atoms with Crippen molar-refractivity contribution >= 4 is 22.7 Å². The van der Waals surface area contributed by atoms with Crippen LogP contribution in [0.3, 0.4) is 0 Å². The third-order valence-corrected chi connectivity index (χ3v) is 5.35. The molecule has 7 heteroatoms. The maximum Gasteiger partial charge on any atom is 0.259 e. The number of hydrogen-bond donors (Lipinski definition) is 1. The topological polar surface area (TPSA) is 85.8 Å². The number of amides is 1. The largest absolute Gasteiger partial charge is 0.335 e. The molecule has 5 rings (SSSR count). The number of nitrogens with zero attached hydrogens (tertiary/aromatic N) is 4. The Morgan fingerprint density at radius 2 is 2.08 bits per heavy atom. The van der Waals surface area contributed by atoms with Crippen molar-refractivity contribution in [2.45, 2.75) is 57.9 Å². The van der Waals surface area contributed by atoms with E-state index in [4.69, 9.17) is 4.52 Å². The average Bonchev–Trinajstić information content (AvgIpc) is 3.57. The molecule has 0 saturated heterocycles. The Morgan fingerprint density at radius 1 is 1.31 bits per heavy atom. The first-order chi connectivity index (χ1) is 12.7. The molecule has 2 aliphatic rings. The smallest absolute Gasteiger partial charge is 0.259 e. The first kappa shape index (κ1) is 15.5. The standard InChI is InChI=1S/C19H21N5O2/c1-3-24-10(2)15(9-20-24)21-18(25)13-8-14(11-4-5-11)22-19-16(13)17(23-26-19)12-6-7-12/h8-9,11-12H,3-7H2,1-2H3,(H,21,25). The van der Waals surface area contributed by atoms with E-state index in [2.05, 4.69) is 20.6 Å². The number of anilines is 1. The van der Waals surface area contributed by atoms with Gasteiger partial charge in [0.2, 0.25) is 0 Å². The molecular formula is C19H21N5O2. The minimum absolute atomic E-state index is 0.150. The van der Waals surface area contributed by atoms with Crippen molar-refractivity contribution in [3.05, 3.63) is 34.9 Å². The molecule has 0 atom stereocenters. The summed E-state index contributed by atoms with van der Waals surface area (Å²) in [5.41, 5.74) is 4.59. The summed E-state index contributed by atoms with van der Waals surface area (Å²) >= 11 is 0. The zero-order chi connectivity index (χ0) is 17.8. The van der Waals surface area contributed by atoms with Gasteiger partial charge in [-0.1, -0.05) is 5.16 Å². The van der Waals surface area contributed by atoms with Crippen LogP contribution < -0.4 is 5.32 Å². The first-order valence-corrected chi connectivity index (χ1v) is 9.29. The van der Waals surface area contributed by atoms with Gasteiger partial charge in [0.1, 0.15) is 0 Å². The first-order valence-electron chi connectivity index (χ1n) is 9.29. The van der Waals surface area contributed by atoms with Crippen molar-refractivity contribution in [1.29, 1.82) is 0 Å². The Balaban J connectivity index is 1.58. The van der Waals surface area contributed by atoms with E-state index in [-0.39, 0.29) is 5.91 Å². The number of pyridine rings is 1. The summed E-state index contributed by atoms with van der Waals surface area (Å²) in [7, 11) is 0. The molecule has 0 bridgehead atoms. The highest BCUT2D eigenvalue weighted by molar-refractivity contribution is 6.12. The van der Waals surface area contributed by atoms with Gasteiger partial charge < -0.3 is 9.84 Å². The lowest BCUT2D eigenvalue weighted by Crippen LogP contribution is -2.14. The maximum absolute atomic E-state index is 13.1. The molecule has 0 spiro atoms. The van der Waals surface area contributed by atoms with E-state index in [0.29, 0.717) is 23.1 Å². The van der Waals surface area contributed by atoms with Gasteiger partial charge in [-0.05, 0) is 45.6 Å². The van der Waals surface area contributed by atoms with E-state index >= 15 is 0 Å². The predicted octanol–water partition coefficient (Wildman–Crippen LogP) is 3.75. The number of fused-ring (bicyclic) bond motifs is 1. The van der Waals surface area contributed by atoms with Gasteiger partial charge >= 0.3 is 0 Å². The SMILES string of the molecule is CCn1ncc(NC(=O)c2cc(C3CC3)nc3onc(C4CC4)c23)c1C. The molecule has 1 amide bonds. The van der Waals surface area contributed by atoms with Crippen molar-refractivity contribution in [3.63, 3.8) is 0 Å². The second kappa shape index (κ2) is 5.65. The van der Waals surface area contributed by atoms with E-state index in [1.165, 1.54) is 0 Å². The fraction of sp³-hybridized carbons (Fsp3) is 0.474. The van der Waals surface area contributed by atoms with Gasteiger partial charge in [0.05, 0.1) is 34.2 Å². The fourth-order valence-electron chi connectivity index (χ4n) is 3.47. The van der Waals surface area contributed by atoms with E-state index < -0.39 is 0 Å². The van der Waals surface area contributed by atoms with Crippen molar-refractivity contribution in [1.82, 2.24) is 19.9 Å². The van der Waals surface area contributed by atoms with Gasteiger partial charge in [-0.3, -0.25) is 9.48 Å². The number of hydrogen-bond acceptors (Lipinski definition) is 5. The van der Waals surface area contributed by atoms with E-state index in [0.717, 1.165) is 60.4 Å². The zero-order valence-electron chi connectivity index (χ0n) is 15.0. The Morgan fingerprint density at radius 3 is 2.73 bits per heavy atom. The quantitative estimate of drug-likeness (QED) is 0.756. The van der Waals surface area contributed by atoms with Crippen molar-refractivity contribution in [2.75, 3.05) is 5.32 Å². The molecule has 3 heterocycles. The summed E-state index contributed by atoms with van der Waals surface area (Å²) in [6.07, 6.45) is 6.12. The lowest BCUT2D eigenvalue weighted by molar-refractivity contribution is 0.102. The van der Waals surface area contributed by atoms with Crippen LogP contribution in [0.15, 0.2) is 16.8 Å². The van der Waals surface area contributed by atoms with Crippen LogP contribution in [0.2, 0.25) is 0 Å². The lowest BCUT2D eigenvalue weighted by Gasteiger charge is -2.08. The van der Waals surface area contributed by atoms with Gasteiger partial charge in [-0.25, -0.2) is 4.98 Å². The second-order valence-corrected chi connectivity index (χ2v) is 7.30. The van der Waals surface area contributed by atoms with Gasteiger partial charge in [0, 0.05) is 24.1 Å². The predicted molar refractivity (Wildman–Crippen MR) is 96.3 cm³/mol. The minimum Gasteiger partial charge on any atom is -0.335 e. The number of aryl methyl sites for hydroxylation is 1. The van der Waals surface area contributed by atoms with Crippen LogP contribution in [0, 0.1) is 6.92 Å². The third-order valence-electron chi connectivity index (χ3n) is 5.35. The fourth-order valence-corrected chi connectivity index (χ4v) is 3.47. The summed E-state index contributed by atoms with van der Waals surface area (Å²) in [5, 5.41) is 12.3. The van der Waals surface area contributed by atoms with Crippen LogP contribution in [-0.4, -0.2) is 25.8 Å². The van der Waals surface area contributed by atoms with Crippen LogP contribution in [0.5, 0.6) is 0 Å². The summed E-state index contributed by atoms with van der Waals surface area (Å²) in [6.45, 7) is 4.75. The molecular weight excluding hydrogens is 330 g/mol. The molecule has 0 radical (unpaired) electrons. The molecule has 3 aromatic rings. The molecule has 134 valence electrons. The Bertz CT molecular complexity index is 1010. The molecule has 0 aliphatic heterocycles. The number of aromatic nitrogens is 4. The van der Waals surface area contributed by atoms with Crippen molar-refractivity contribution < 1.29 is 9.32 Å². The highest BCUT2D eigenvalue weighted by atomic mass is 16.5. The Labute approximate surface area is 150 Å². The summed E-state index contributed by atoms with van der Waals surface area (Å²) in [6, 6.07) is 1.93. The lowest BCUT2D eigenvalue weighted by atomic mass is 10.0. The van der Waals surface area contributed by atoms with Crippen LogP contribution >= 0.6 is 0 Å². The maximum atomic E-state index is 13.1. The number of nitrogens with one attached hydrogen (secondary N) is 1. The Hall–Kier alpha value is -2.70. The zero-order valence-corrected chi connectivity index (χ0v) is 15.0. The summed E-state index contributed by atoms with van der Waals surface area (Å²) < 4.78 is 7.36. The molecule has 26 heavy (non-hydrogen) atoms. The average molecular weight is 351 g/mol. The molecule has 7 nitrogen and oxygen atoms in total.